The highest BCUT2D eigenvalue weighted by Crippen LogP contribution is 2.22. The van der Waals surface area contributed by atoms with Gasteiger partial charge in [-0.15, -0.1) is 0 Å². The highest BCUT2D eigenvalue weighted by molar-refractivity contribution is 5.33. The molecule has 2 atom stereocenters. The van der Waals surface area contributed by atoms with E-state index in [-0.39, 0.29) is 19.0 Å². The molecule has 1 aliphatic carbocycles. The van der Waals surface area contributed by atoms with Crippen LogP contribution in [0.15, 0.2) is 65.3 Å². The molecule has 1 aromatic heterocycles. The van der Waals surface area contributed by atoms with Gasteiger partial charge >= 0.3 is 5.69 Å². The van der Waals surface area contributed by atoms with Gasteiger partial charge in [-0.25, -0.2) is 4.79 Å². The Morgan fingerprint density at radius 2 is 2.33 bits per heavy atom. The van der Waals surface area contributed by atoms with E-state index in [2.05, 4.69) is 11.6 Å². The fourth-order valence-corrected chi connectivity index (χ4v) is 2.37. The number of hydrogen-bond donors (Lipinski definition) is 1. The predicted octanol–water partition coefficient (Wildman–Crippen LogP) is 1.67. The fraction of sp³-hybridized carbons (Fsp3) is 0.294. The molecule has 0 bridgehead atoms. The summed E-state index contributed by atoms with van der Waals surface area (Å²) in [5, 5.41) is 0. The van der Waals surface area contributed by atoms with Gasteiger partial charge < -0.3 is 19.9 Å². The van der Waals surface area contributed by atoms with Crippen LogP contribution in [0, 0.1) is 0 Å². The van der Waals surface area contributed by atoms with Crippen molar-refractivity contribution in [1.29, 1.82) is 0 Å². The maximum atomic E-state index is 11.8. The first kappa shape index (κ1) is 16.2. The summed E-state index contributed by atoms with van der Waals surface area (Å²) in [4.78, 5) is 15.5. The molecule has 7 nitrogen and oxygen atoms in total. The first-order valence-electron chi connectivity index (χ1n) is 7.59. The lowest BCUT2D eigenvalue weighted by Gasteiger charge is -2.16. The van der Waals surface area contributed by atoms with Crippen molar-refractivity contribution in [2.24, 2.45) is 0 Å². The van der Waals surface area contributed by atoms with Crippen molar-refractivity contribution in [1.82, 2.24) is 9.55 Å². The number of aromatic nitrogens is 2. The highest BCUT2D eigenvalue weighted by Gasteiger charge is 2.28. The summed E-state index contributed by atoms with van der Waals surface area (Å²) in [5.74, 6) is 0.749. The van der Waals surface area contributed by atoms with Crippen molar-refractivity contribution < 1.29 is 14.2 Å². The Bertz CT molecular complexity index is 763. The van der Waals surface area contributed by atoms with E-state index in [4.69, 9.17) is 19.9 Å². The van der Waals surface area contributed by atoms with Crippen LogP contribution in [0.3, 0.4) is 0 Å². The van der Waals surface area contributed by atoms with E-state index in [1.54, 1.807) is 0 Å². The average Bonchev–Trinajstić information content (AvgIpc) is 2.85. The first-order valence-corrected chi connectivity index (χ1v) is 7.59. The molecule has 1 fully saturated rings. The van der Waals surface area contributed by atoms with Crippen LogP contribution in [0.25, 0.3) is 0 Å². The molecule has 3 rings (SSSR count). The monoisotopic (exact) mass is 329 g/mol. The number of rotatable bonds is 5. The summed E-state index contributed by atoms with van der Waals surface area (Å²) in [5.41, 5.74) is 5.99. The van der Waals surface area contributed by atoms with Gasteiger partial charge in [0.25, 0.3) is 0 Å². The predicted molar refractivity (Wildman–Crippen MR) is 88.8 cm³/mol. The largest absolute Gasteiger partial charge is 0.489 e. The van der Waals surface area contributed by atoms with Crippen LogP contribution in [-0.2, 0) is 14.2 Å². The standard InChI is InChI=1S/C17H19N3O4/c1-12(13-6-4-2-3-5-7-13)22-11-16-23-10-15(24-16)20-9-8-14(18)19-17(20)21/h2-6,8-9,15-16H,1,7,10-11H2,(H2,18,19,21). The molecular formula is C17H19N3O4. The maximum Gasteiger partial charge on any atom is 0.351 e. The lowest BCUT2D eigenvalue weighted by atomic mass is 10.1. The molecule has 1 aliphatic heterocycles. The van der Waals surface area contributed by atoms with E-state index >= 15 is 0 Å². The molecule has 2 aliphatic rings. The molecule has 1 aromatic rings. The van der Waals surface area contributed by atoms with Crippen LogP contribution in [0.5, 0.6) is 0 Å². The second-order valence-electron chi connectivity index (χ2n) is 5.34. The quantitative estimate of drug-likeness (QED) is 0.827. The third-order valence-electron chi connectivity index (χ3n) is 3.64. The van der Waals surface area contributed by atoms with Crippen LogP contribution in [0.4, 0.5) is 5.82 Å². The Balaban J connectivity index is 1.54. The molecule has 0 radical (unpaired) electrons. The van der Waals surface area contributed by atoms with Crippen molar-refractivity contribution in [3.05, 3.63) is 71.0 Å². The molecule has 2 heterocycles. The van der Waals surface area contributed by atoms with Crippen LogP contribution in [0.2, 0.25) is 0 Å². The summed E-state index contributed by atoms with van der Waals surface area (Å²) in [7, 11) is 0. The lowest BCUT2D eigenvalue weighted by molar-refractivity contribution is -0.104. The minimum atomic E-state index is -0.575. The molecule has 0 saturated carbocycles. The number of nitrogens with zero attached hydrogens (tertiary/aromatic N) is 2. The van der Waals surface area contributed by atoms with Crippen LogP contribution in [0.1, 0.15) is 12.6 Å². The zero-order chi connectivity index (χ0) is 16.9. The van der Waals surface area contributed by atoms with Crippen molar-refractivity contribution in [3.8, 4) is 0 Å². The molecule has 126 valence electrons. The van der Waals surface area contributed by atoms with E-state index in [1.165, 1.54) is 16.8 Å². The molecule has 1 saturated heterocycles. The minimum Gasteiger partial charge on any atom is -0.489 e. The van der Waals surface area contributed by atoms with Gasteiger partial charge in [-0.3, -0.25) is 4.57 Å². The average molecular weight is 329 g/mol. The zero-order valence-electron chi connectivity index (χ0n) is 13.1. The molecule has 2 N–H and O–H groups in total. The van der Waals surface area contributed by atoms with Gasteiger partial charge in [0.2, 0.25) is 0 Å². The Labute approximate surface area is 139 Å². The number of anilines is 1. The van der Waals surface area contributed by atoms with E-state index in [9.17, 15) is 4.79 Å². The van der Waals surface area contributed by atoms with Gasteiger partial charge in [-0.05, 0) is 18.1 Å². The molecule has 0 aromatic carbocycles. The normalized spacial score (nSPS) is 22.9. The number of nitrogen functional groups attached to an aromatic ring is 1. The Morgan fingerprint density at radius 3 is 3.17 bits per heavy atom. The SMILES string of the molecule is C=C(OCC1OCC(n2ccc(N)nc2=O)O1)C1=CC=CC=CC1. The summed E-state index contributed by atoms with van der Waals surface area (Å²) < 4.78 is 18.2. The van der Waals surface area contributed by atoms with Crippen molar-refractivity contribution >= 4 is 5.82 Å². The molecular weight excluding hydrogens is 310 g/mol. The number of nitrogens with two attached hydrogens (primary N) is 1. The molecule has 2 unspecified atom stereocenters. The summed E-state index contributed by atoms with van der Waals surface area (Å²) >= 11 is 0. The van der Waals surface area contributed by atoms with Gasteiger partial charge in [0.1, 0.15) is 18.2 Å². The van der Waals surface area contributed by atoms with Crippen LogP contribution >= 0.6 is 0 Å². The Morgan fingerprint density at radius 1 is 1.46 bits per heavy atom. The Hall–Kier alpha value is -2.64. The minimum absolute atomic E-state index is 0.172. The second-order valence-corrected chi connectivity index (χ2v) is 5.34. The number of hydrogen-bond acceptors (Lipinski definition) is 6. The zero-order valence-corrected chi connectivity index (χ0v) is 13.1. The van der Waals surface area contributed by atoms with Crippen molar-refractivity contribution in [2.75, 3.05) is 18.9 Å². The maximum absolute atomic E-state index is 11.8. The third-order valence-corrected chi connectivity index (χ3v) is 3.64. The number of allylic oxidation sites excluding steroid dienone is 6. The smallest absolute Gasteiger partial charge is 0.351 e. The second kappa shape index (κ2) is 7.29. The van der Waals surface area contributed by atoms with Crippen LogP contribution < -0.4 is 11.4 Å². The van der Waals surface area contributed by atoms with Gasteiger partial charge in [-0.2, -0.15) is 4.98 Å². The van der Waals surface area contributed by atoms with E-state index in [0.717, 1.165) is 12.0 Å². The van der Waals surface area contributed by atoms with Crippen LogP contribution in [-0.4, -0.2) is 29.1 Å². The van der Waals surface area contributed by atoms with Gasteiger partial charge in [0.15, 0.2) is 12.5 Å². The van der Waals surface area contributed by atoms with Gasteiger partial charge in [0.05, 0.1) is 6.61 Å². The third kappa shape index (κ3) is 3.81. The molecule has 24 heavy (non-hydrogen) atoms. The topological polar surface area (TPSA) is 88.6 Å². The Kier molecular flexibility index (Phi) is 4.93. The van der Waals surface area contributed by atoms with E-state index < -0.39 is 18.2 Å². The van der Waals surface area contributed by atoms with Gasteiger partial charge in [-0.1, -0.05) is 37.0 Å². The van der Waals surface area contributed by atoms with Crippen molar-refractivity contribution in [2.45, 2.75) is 18.9 Å². The fourth-order valence-electron chi connectivity index (χ4n) is 2.37. The first-order chi connectivity index (χ1) is 11.6. The summed E-state index contributed by atoms with van der Waals surface area (Å²) in [6.45, 7) is 4.36. The lowest BCUT2D eigenvalue weighted by Crippen LogP contribution is -2.28. The van der Waals surface area contributed by atoms with E-state index in [0.29, 0.717) is 5.76 Å². The molecule has 0 spiro atoms. The highest BCUT2D eigenvalue weighted by atomic mass is 16.7. The van der Waals surface area contributed by atoms with E-state index in [1.807, 2.05) is 30.4 Å². The molecule has 7 heteroatoms. The molecule has 0 amide bonds. The number of ether oxygens (including phenoxy) is 3. The van der Waals surface area contributed by atoms with Gasteiger partial charge in [0, 0.05) is 6.20 Å². The van der Waals surface area contributed by atoms with Crippen molar-refractivity contribution in [3.63, 3.8) is 0 Å². The summed E-state index contributed by atoms with van der Waals surface area (Å²) in [6.07, 6.45) is 11.0. The summed E-state index contributed by atoms with van der Waals surface area (Å²) in [6, 6.07) is 1.54.